The largest absolute Gasteiger partial charge is 0.497 e. The van der Waals surface area contributed by atoms with Crippen molar-refractivity contribution in [1.82, 2.24) is 4.90 Å². The molecule has 4 rings (SSSR count). The van der Waals surface area contributed by atoms with Crippen LogP contribution in [-0.4, -0.2) is 48.2 Å². The number of nitrogens with zero attached hydrogens (tertiary/aromatic N) is 2. The van der Waals surface area contributed by atoms with Crippen LogP contribution in [0.5, 0.6) is 5.75 Å². The van der Waals surface area contributed by atoms with Gasteiger partial charge < -0.3 is 9.64 Å². The smallest absolute Gasteiger partial charge is 0.236 e. The van der Waals surface area contributed by atoms with Gasteiger partial charge in [0.05, 0.1) is 25.0 Å². The predicted octanol–water partition coefficient (Wildman–Crippen LogP) is 1.66. The van der Waals surface area contributed by atoms with E-state index in [4.69, 9.17) is 4.74 Å². The minimum Gasteiger partial charge on any atom is -0.497 e. The molecule has 3 aliphatic rings. The molecule has 3 heterocycles. The summed E-state index contributed by atoms with van der Waals surface area (Å²) in [6, 6.07) is 4.65. The standard InChI is InChI=1S/C20H20N2O4/c1-4-9-21-19(24)16-15-7-5-12-10-13(26-3)6-8-14(12)22(15)18(11(2)23)17(16)20(21)25/h4-8,10,15-18H,1,9H2,2-3H3/t15-,16-,17-,18+/m0/s1. The zero-order chi connectivity index (χ0) is 18.6. The number of hydrogen-bond donors (Lipinski definition) is 0. The van der Waals surface area contributed by atoms with Gasteiger partial charge in [0.25, 0.3) is 0 Å². The fraction of sp³-hybridized carbons (Fsp3) is 0.350. The molecule has 1 aromatic carbocycles. The summed E-state index contributed by atoms with van der Waals surface area (Å²) in [7, 11) is 1.60. The number of imide groups is 1. The molecule has 0 aromatic heterocycles. The molecular weight excluding hydrogens is 332 g/mol. The average Bonchev–Trinajstić information content (AvgIpc) is 3.10. The van der Waals surface area contributed by atoms with Crippen LogP contribution < -0.4 is 9.64 Å². The Hall–Kier alpha value is -2.89. The number of likely N-dealkylation sites (tertiary alicyclic amines) is 1. The Morgan fingerprint density at radius 2 is 2.00 bits per heavy atom. The van der Waals surface area contributed by atoms with Crippen LogP contribution in [0.25, 0.3) is 6.08 Å². The highest BCUT2D eigenvalue weighted by Gasteiger charge is 2.63. The molecule has 4 atom stereocenters. The molecule has 6 heteroatoms. The molecule has 1 aromatic rings. The molecule has 0 aliphatic carbocycles. The molecule has 0 saturated carbocycles. The van der Waals surface area contributed by atoms with E-state index in [1.807, 2.05) is 35.3 Å². The highest BCUT2D eigenvalue weighted by Crippen LogP contribution is 2.48. The van der Waals surface area contributed by atoms with Crippen LogP contribution in [0.4, 0.5) is 5.69 Å². The van der Waals surface area contributed by atoms with Crippen molar-refractivity contribution in [2.24, 2.45) is 11.8 Å². The minimum atomic E-state index is -0.650. The van der Waals surface area contributed by atoms with Gasteiger partial charge >= 0.3 is 0 Å². The molecule has 134 valence electrons. The number of carbonyl (C=O) groups excluding carboxylic acids is 3. The van der Waals surface area contributed by atoms with Crippen molar-refractivity contribution in [1.29, 1.82) is 0 Å². The topological polar surface area (TPSA) is 66.9 Å². The third-order valence-corrected chi connectivity index (χ3v) is 5.53. The van der Waals surface area contributed by atoms with Crippen LogP contribution in [0.15, 0.2) is 36.9 Å². The number of carbonyl (C=O) groups is 3. The summed E-state index contributed by atoms with van der Waals surface area (Å²) in [5.41, 5.74) is 1.76. The molecule has 0 bridgehead atoms. The summed E-state index contributed by atoms with van der Waals surface area (Å²) < 4.78 is 5.27. The van der Waals surface area contributed by atoms with Crippen LogP contribution in [0.3, 0.4) is 0 Å². The Kier molecular flexibility index (Phi) is 3.72. The van der Waals surface area contributed by atoms with Gasteiger partial charge in [-0.05, 0) is 25.1 Å². The van der Waals surface area contributed by atoms with E-state index < -0.39 is 17.9 Å². The lowest BCUT2D eigenvalue weighted by Gasteiger charge is -2.36. The summed E-state index contributed by atoms with van der Waals surface area (Å²) in [6.07, 6.45) is 5.40. The molecule has 2 saturated heterocycles. The van der Waals surface area contributed by atoms with Gasteiger partial charge in [0.2, 0.25) is 11.8 Å². The van der Waals surface area contributed by atoms with Crippen LogP contribution in [0.1, 0.15) is 12.5 Å². The van der Waals surface area contributed by atoms with E-state index in [-0.39, 0.29) is 30.2 Å². The highest BCUT2D eigenvalue weighted by atomic mass is 16.5. The lowest BCUT2D eigenvalue weighted by molar-refractivity contribution is -0.140. The molecule has 3 aliphatic heterocycles. The normalized spacial score (nSPS) is 28.7. The maximum atomic E-state index is 12.9. The van der Waals surface area contributed by atoms with Crippen molar-refractivity contribution >= 4 is 29.4 Å². The first-order chi connectivity index (χ1) is 12.5. The van der Waals surface area contributed by atoms with E-state index in [1.54, 1.807) is 7.11 Å². The van der Waals surface area contributed by atoms with E-state index in [0.717, 1.165) is 17.0 Å². The zero-order valence-electron chi connectivity index (χ0n) is 14.7. The van der Waals surface area contributed by atoms with Gasteiger partial charge in [0, 0.05) is 17.8 Å². The molecule has 2 fully saturated rings. The Labute approximate surface area is 151 Å². The summed E-state index contributed by atoms with van der Waals surface area (Å²) in [4.78, 5) is 41.4. The SMILES string of the molecule is C=CCN1C(=O)[C@@H]2[C@H](C1=O)[C@@H](C(C)=O)N1c3ccc(OC)cc3C=C[C@@H]21. The van der Waals surface area contributed by atoms with Gasteiger partial charge in [-0.3, -0.25) is 19.3 Å². The quantitative estimate of drug-likeness (QED) is 0.609. The molecular formula is C20H20N2O4. The molecule has 6 nitrogen and oxygen atoms in total. The molecule has 2 amide bonds. The third-order valence-electron chi connectivity index (χ3n) is 5.53. The second-order valence-corrected chi connectivity index (χ2v) is 6.86. The number of amides is 2. The number of ketones is 1. The minimum absolute atomic E-state index is 0.110. The van der Waals surface area contributed by atoms with Crippen LogP contribution in [0, 0.1) is 11.8 Å². The molecule has 0 N–H and O–H groups in total. The van der Waals surface area contributed by atoms with Gasteiger partial charge in [-0.25, -0.2) is 0 Å². The summed E-state index contributed by atoms with van der Waals surface area (Å²) in [6.45, 7) is 5.29. The van der Waals surface area contributed by atoms with E-state index in [2.05, 4.69) is 6.58 Å². The average molecular weight is 352 g/mol. The summed E-state index contributed by atoms with van der Waals surface area (Å²) in [5, 5.41) is 0. The van der Waals surface area contributed by atoms with Crippen LogP contribution in [-0.2, 0) is 14.4 Å². The summed E-state index contributed by atoms with van der Waals surface area (Å²) >= 11 is 0. The van der Waals surface area contributed by atoms with Crippen LogP contribution in [0.2, 0.25) is 0 Å². The Morgan fingerprint density at radius 3 is 2.65 bits per heavy atom. The van der Waals surface area contributed by atoms with Gasteiger partial charge in [0.15, 0.2) is 5.78 Å². The number of anilines is 1. The molecule has 0 spiro atoms. The van der Waals surface area contributed by atoms with E-state index in [9.17, 15) is 14.4 Å². The van der Waals surface area contributed by atoms with E-state index in [0.29, 0.717) is 0 Å². The first kappa shape index (κ1) is 16.6. The monoisotopic (exact) mass is 352 g/mol. The van der Waals surface area contributed by atoms with Crippen molar-refractivity contribution in [2.75, 3.05) is 18.6 Å². The number of fused-ring (bicyclic) bond motifs is 5. The fourth-order valence-corrected chi connectivity index (χ4v) is 4.51. The van der Waals surface area contributed by atoms with Gasteiger partial charge in [-0.15, -0.1) is 6.58 Å². The summed E-state index contributed by atoms with van der Waals surface area (Å²) in [5.74, 6) is -1.08. The van der Waals surface area contributed by atoms with Gasteiger partial charge in [-0.1, -0.05) is 18.2 Å². The van der Waals surface area contributed by atoms with Gasteiger partial charge in [0.1, 0.15) is 11.8 Å². The second kappa shape index (κ2) is 5.83. The Bertz CT molecular complexity index is 859. The number of rotatable bonds is 4. The Balaban J connectivity index is 1.83. The van der Waals surface area contributed by atoms with Gasteiger partial charge in [-0.2, -0.15) is 0 Å². The van der Waals surface area contributed by atoms with Crippen LogP contribution >= 0.6 is 0 Å². The van der Waals surface area contributed by atoms with Crippen molar-refractivity contribution in [3.8, 4) is 5.75 Å². The number of Topliss-reactive ketones (excluding diaryl/α,β-unsaturated/α-hetero) is 1. The first-order valence-corrected chi connectivity index (χ1v) is 8.60. The predicted molar refractivity (Wildman–Crippen MR) is 96.7 cm³/mol. The van der Waals surface area contributed by atoms with Crippen molar-refractivity contribution in [2.45, 2.75) is 19.0 Å². The lowest BCUT2D eigenvalue weighted by Crippen LogP contribution is -2.48. The third kappa shape index (κ3) is 2.08. The number of ether oxygens (including phenoxy) is 1. The zero-order valence-corrected chi connectivity index (χ0v) is 14.7. The van der Waals surface area contributed by atoms with Crippen molar-refractivity contribution in [3.05, 3.63) is 42.5 Å². The molecule has 26 heavy (non-hydrogen) atoms. The first-order valence-electron chi connectivity index (χ1n) is 8.60. The van der Waals surface area contributed by atoms with E-state index in [1.165, 1.54) is 17.9 Å². The van der Waals surface area contributed by atoms with E-state index >= 15 is 0 Å². The maximum Gasteiger partial charge on any atom is 0.236 e. The fourth-order valence-electron chi connectivity index (χ4n) is 4.51. The van der Waals surface area contributed by atoms with Crippen molar-refractivity contribution < 1.29 is 19.1 Å². The maximum absolute atomic E-state index is 12.9. The second-order valence-electron chi connectivity index (χ2n) is 6.86. The number of benzene rings is 1. The number of methoxy groups -OCH3 is 1. The number of hydrogen-bond acceptors (Lipinski definition) is 5. The lowest BCUT2D eigenvalue weighted by atomic mass is 9.88. The molecule has 0 unspecified atom stereocenters. The highest BCUT2D eigenvalue weighted by molar-refractivity contribution is 6.11. The van der Waals surface area contributed by atoms with Crippen molar-refractivity contribution in [3.63, 3.8) is 0 Å². The Morgan fingerprint density at radius 1 is 1.27 bits per heavy atom. The molecule has 0 radical (unpaired) electrons.